The predicted molar refractivity (Wildman–Crippen MR) is 90.9 cm³/mol. The van der Waals surface area contributed by atoms with E-state index in [4.69, 9.17) is 0 Å². The fraction of sp³-hybridized carbons (Fsp3) is 0.706. The molecule has 2 aliphatic rings. The van der Waals surface area contributed by atoms with Gasteiger partial charge in [-0.05, 0) is 32.9 Å². The number of amides is 1. The number of hydrogen-bond donors (Lipinski definition) is 0. The normalized spacial score (nSPS) is 20.4. The van der Waals surface area contributed by atoms with Crippen molar-refractivity contribution in [3.8, 4) is 0 Å². The summed E-state index contributed by atoms with van der Waals surface area (Å²) >= 11 is 0. The van der Waals surface area contributed by atoms with Crippen LogP contribution >= 0.6 is 0 Å². The van der Waals surface area contributed by atoms with Crippen molar-refractivity contribution in [3.63, 3.8) is 0 Å². The number of rotatable bonds is 2. The van der Waals surface area contributed by atoms with Gasteiger partial charge >= 0.3 is 0 Å². The summed E-state index contributed by atoms with van der Waals surface area (Å²) in [6.07, 6.45) is 4.91. The fourth-order valence-corrected chi connectivity index (χ4v) is 3.25. The van der Waals surface area contributed by atoms with Crippen LogP contribution in [0.2, 0.25) is 0 Å². The second-order valence-corrected chi connectivity index (χ2v) is 6.69. The van der Waals surface area contributed by atoms with Crippen molar-refractivity contribution >= 4 is 11.9 Å². The van der Waals surface area contributed by atoms with Gasteiger partial charge in [-0.15, -0.1) is 0 Å². The van der Waals surface area contributed by atoms with Gasteiger partial charge in [0, 0.05) is 45.0 Å². The Kier molecular flexibility index (Phi) is 5.10. The zero-order chi connectivity index (χ0) is 16.2. The van der Waals surface area contributed by atoms with Crippen molar-refractivity contribution < 1.29 is 4.79 Å². The molecular formula is C17H27N5O. The van der Waals surface area contributed by atoms with Gasteiger partial charge in [0.15, 0.2) is 0 Å². The molecule has 0 atom stereocenters. The Balaban J connectivity index is 1.78. The molecule has 0 aromatic carbocycles. The van der Waals surface area contributed by atoms with Gasteiger partial charge < -0.3 is 14.7 Å². The number of aromatic nitrogens is 2. The molecule has 3 heterocycles. The maximum Gasteiger partial charge on any atom is 0.272 e. The van der Waals surface area contributed by atoms with Gasteiger partial charge in [0.25, 0.3) is 5.91 Å². The molecule has 0 saturated carbocycles. The number of carbonyl (C=O) groups is 1. The van der Waals surface area contributed by atoms with Gasteiger partial charge in [0.1, 0.15) is 5.69 Å². The second-order valence-electron chi connectivity index (χ2n) is 6.69. The minimum atomic E-state index is 0.0414. The van der Waals surface area contributed by atoms with E-state index in [0.29, 0.717) is 5.69 Å². The molecule has 0 bridgehead atoms. The van der Waals surface area contributed by atoms with Crippen LogP contribution in [-0.2, 0) is 0 Å². The van der Waals surface area contributed by atoms with E-state index in [-0.39, 0.29) is 5.91 Å². The van der Waals surface area contributed by atoms with Crippen molar-refractivity contribution in [2.75, 3.05) is 51.2 Å². The molecule has 126 valence electrons. The first kappa shape index (κ1) is 16.2. The highest BCUT2D eigenvalue weighted by Crippen LogP contribution is 2.17. The first-order valence-corrected chi connectivity index (χ1v) is 8.72. The molecule has 6 nitrogen and oxygen atoms in total. The summed E-state index contributed by atoms with van der Waals surface area (Å²) in [6, 6.07) is 1.82. The van der Waals surface area contributed by atoms with Crippen molar-refractivity contribution in [2.45, 2.75) is 32.6 Å². The van der Waals surface area contributed by atoms with Crippen molar-refractivity contribution in [3.05, 3.63) is 17.5 Å². The van der Waals surface area contributed by atoms with Gasteiger partial charge in [-0.1, -0.05) is 12.8 Å². The second kappa shape index (κ2) is 7.25. The molecule has 0 unspecified atom stereocenters. The molecule has 23 heavy (non-hydrogen) atoms. The molecule has 3 rings (SSSR count). The van der Waals surface area contributed by atoms with E-state index >= 15 is 0 Å². The molecule has 0 aliphatic carbocycles. The third-order valence-electron chi connectivity index (χ3n) is 4.74. The van der Waals surface area contributed by atoms with Gasteiger partial charge in [0.2, 0.25) is 5.95 Å². The topological polar surface area (TPSA) is 52.6 Å². The summed E-state index contributed by atoms with van der Waals surface area (Å²) in [7, 11) is 2.09. The Morgan fingerprint density at radius 2 is 1.61 bits per heavy atom. The van der Waals surface area contributed by atoms with E-state index in [1.807, 2.05) is 17.9 Å². The Morgan fingerprint density at radius 1 is 0.957 bits per heavy atom. The third-order valence-corrected chi connectivity index (χ3v) is 4.74. The smallest absolute Gasteiger partial charge is 0.272 e. The SMILES string of the molecule is Cc1cc(C(=O)N2CCN(C)CC2)nc(N2CCCCCC2)n1. The number of anilines is 1. The van der Waals surface area contributed by atoms with Crippen LogP contribution in [0.25, 0.3) is 0 Å². The third kappa shape index (κ3) is 3.99. The first-order valence-electron chi connectivity index (χ1n) is 8.72. The van der Waals surface area contributed by atoms with Crippen LogP contribution in [0.15, 0.2) is 6.07 Å². The zero-order valence-corrected chi connectivity index (χ0v) is 14.3. The number of nitrogens with zero attached hydrogens (tertiary/aromatic N) is 5. The molecule has 2 saturated heterocycles. The molecule has 0 radical (unpaired) electrons. The molecule has 0 spiro atoms. The minimum Gasteiger partial charge on any atom is -0.341 e. The monoisotopic (exact) mass is 317 g/mol. The molecular weight excluding hydrogens is 290 g/mol. The van der Waals surface area contributed by atoms with E-state index in [1.54, 1.807) is 0 Å². The van der Waals surface area contributed by atoms with Crippen LogP contribution < -0.4 is 4.90 Å². The van der Waals surface area contributed by atoms with E-state index in [9.17, 15) is 4.79 Å². The zero-order valence-electron chi connectivity index (χ0n) is 14.3. The Labute approximate surface area is 138 Å². The lowest BCUT2D eigenvalue weighted by molar-refractivity contribution is 0.0658. The maximum atomic E-state index is 12.8. The average Bonchev–Trinajstić information content (AvgIpc) is 2.83. The average molecular weight is 317 g/mol. The Hall–Kier alpha value is -1.69. The number of hydrogen-bond acceptors (Lipinski definition) is 5. The van der Waals surface area contributed by atoms with Gasteiger partial charge in [0.05, 0.1) is 0 Å². The summed E-state index contributed by atoms with van der Waals surface area (Å²) in [5.74, 6) is 0.768. The fourth-order valence-electron chi connectivity index (χ4n) is 3.25. The standard InChI is InChI=1S/C17H27N5O/c1-14-13-15(16(23)21-11-9-20(2)10-12-21)19-17(18-14)22-7-5-3-4-6-8-22/h13H,3-12H2,1-2H3. The first-order chi connectivity index (χ1) is 11.1. The van der Waals surface area contributed by atoms with Crippen LogP contribution in [0.4, 0.5) is 5.95 Å². The van der Waals surface area contributed by atoms with Crippen LogP contribution in [-0.4, -0.2) is 72.0 Å². The molecule has 1 aromatic heterocycles. The van der Waals surface area contributed by atoms with Gasteiger partial charge in [-0.3, -0.25) is 4.79 Å². The highest BCUT2D eigenvalue weighted by atomic mass is 16.2. The quantitative estimate of drug-likeness (QED) is 0.828. The summed E-state index contributed by atoms with van der Waals surface area (Å²) in [5, 5.41) is 0. The predicted octanol–water partition coefficient (Wildman–Crippen LogP) is 1.55. The lowest BCUT2D eigenvalue weighted by Crippen LogP contribution is -2.47. The lowest BCUT2D eigenvalue weighted by Gasteiger charge is -2.32. The highest BCUT2D eigenvalue weighted by molar-refractivity contribution is 5.92. The highest BCUT2D eigenvalue weighted by Gasteiger charge is 2.23. The van der Waals surface area contributed by atoms with Crippen LogP contribution in [0.5, 0.6) is 0 Å². The van der Waals surface area contributed by atoms with Crippen molar-refractivity contribution in [1.82, 2.24) is 19.8 Å². The van der Waals surface area contributed by atoms with Gasteiger partial charge in [-0.25, -0.2) is 9.97 Å². The van der Waals surface area contributed by atoms with E-state index in [1.165, 1.54) is 25.7 Å². The number of carbonyl (C=O) groups excluding carboxylic acids is 1. The molecule has 2 aliphatic heterocycles. The van der Waals surface area contributed by atoms with E-state index in [0.717, 1.165) is 50.9 Å². The lowest BCUT2D eigenvalue weighted by atomic mass is 10.2. The summed E-state index contributed by atoms with van der Waals surface area (Å²) in [4.78, 5) is 28.3. The summed E-state index contributed by atoms with van der Waals surface area (Å²) in [6.45, 7) is 7.33. The largest absolute Gasteiger partial charge is 0.341 e. The van der Waals surface area contributed by atoms with Crippen LogP contribution in [0.3, 0.4) is 0 Å². The molecule has 6 heteroatoms. The minimum absolute atomic E-state index is 0.0414. The maximum absolute atomic E-state index is 12.8. The number of likely N-dealkylation sites (N-methyl/N-ethyl adjacent to an activating group) is 1. The van der Waals surface area contributed by atoms with Crippen LogP contribution in [0.1, 0.15) is 41.9 Å². The number of piperazine rings is 1. The number of aryl methyl sites for hydroxylation is 1. The Bertz CT molecular complexity index is 546. The Morgan fingerprint density at radius 3 is 2.26 bits per heavy atom. The molecule has 1 amide bonds. The molecule has 1 aromatic rings. The van der Waals surface area contributed by atoms with Crippen molar-refractivity contribution in [1.29, 1.82) is 0 Å². The summed E-state index contributed by atoms with van der Waals surface area (Å²) in [5.41, 5.74) is 1.41. The van der Waals surface area contributed by atoms with E-state index < -0.39 is 0 Å². The van der Waals surface area contributed by atoms with Gasteiger partial charge in [-0.2, -0.15) is 0 Å². The summed E-state index contributed by atoms with van der Waals surface area (Å²) < 4.78 is 0. The van der Waals surface area contributed by atoms with Crippen molar-refractivity contribution in [2.24, 2.45) is 0 Å². The molecule has 2 fully saturated rings. The van der Waals surface area contributed by atoms with Crippen LogP contribution in [0, 0.1) is 6.92 Å². The van der Waals surface area contributed by atoms with E-state index in [2.05, 4.69) is 26.8 Å². The molecule has 0 N–H and O–H groups in total.